The lowest BCUT2D eigenvalue weighted by Crippen LogP contribution is -2.32. The van der Waals surface area contributed by atoms with E-state index < -0.39 is 5.91 Å². The van der Waals surface area contributed by atoms with Gasteiger partial charge in [0.25, 0.3) is 0 Å². The Labute approximate surface area is 243 Å². The molecule has 218 valence electrons. The van der Waals surface area contributed by atoms with Crippen molar-refractivity contribution in [1.29, 1.82) is 0 Å². The van der Waals surface area contributed by atoms with Gasteiger partial charge in [-0.3, -0.25) is 14.8 Å². The van der Waals surface area contributed by atoms with E-state index in [1.165, 1.54) is 23.1 Å². The van der Waals surface area contributed by atoms with Crippen LogP contribution in [0.5, 0.6) is 5.75 Å². The van der Waals surface area contributed by atoms with Crippen molar-refractivity contribution in [2.75, 3.05) is 11.9 Å². The van der Waals surface area contributed by atoms with E-state index in [0.29, 0.717) is 29.1 Å². The maximum Gasteiger partial charge on any atom is 0.243 e. The van der Waals surface area contributed by atoms with Crippen LogP contribution in [0, 0.1) is 10.8 Å². The van der Waals surface area contributed by atoms with Crippen molar-refractivity contribution in [1.82, 2.24) is 20.7 Å². The zero-order chi connectivity index (χ0) is 29.6. The van der Waals surface area contributed by atoms with Gasteiger partial charge in [0.1, 0.15) is 11.5 Å². The highest BCUT2D eigenvalue weighted by molar-refractivity contribution is 8.00. The molecule has 2 heterocycles. The number of rotatable bonds is 13. The molecule has 0 atom stereocenters. The van der Waals surface area contributed by atoms with Crippen LogP contribution in [0.15, 0.2) is 39.2 Å². The van der Waals surface area contributed by atoms with Crippen molar-refractivity contribution in [2.45, 2.75) is 83.2 Å². The number of aromatic nitrogens is 3. The molecule has 0 fully saturated rings. The van der Waals surface area contributed by atoms with Gasteiger partial charge in [0.15, 0.2) is 4.34 Å². The Kier molecular flexibility index (Phi) is 10.4. The molecule has 2 amide bonds. The fourth-order valence-electron chi connectivity index (χ4n) is 4.38. The minimum absolute atomic E-state index is 0.0964. The predicted octanol–water partition coefficient (Wildman–Crippen LogP) is 6.01. The fourth-order valence-corrected chi connectivity index (χ4v) is 6.00. The summed E-state index contributed by atoms with van der Waals surface area (Å²) in [6.45, 7) is 14.8. The lowest BCUT2D eigenvalue weighted by molar-refractivity contribution is -0.131. The molecule has 12 heteroatoms. The van der Waals surface area contributed by atoms with Crippen molar-refractivity contribution >= 4 is 40.0 Å². The molecule has 0 aliphatic carbocycles. The minimum Gasteiger partial charge on any atom is -0.493 e. The van der Waals surface area contributed by atoms with Gasteiger partial charge < -0.3 is 14.5 Å². The minimum atomic E-state index is -0.399. The Morgan fingerprint density at radius 1 is 1.02 bits per heavy atom. The maximum atomic E-state index is 12.6. The summed E-state index contributed by atoms with van der Waals surface area (Å²) >= 11 is 2.77. The molecule has 0 bridgehead atoms. The van der Waals surface area contributed by atoms with E-state index in [2.05, 4.69) is 55.1 Å². The normalized spacial score (nSPS) is 12.3. The summed E-state index contributed by atoms with van der Waals surface area (Å²) in [6.07, 6.45) is 2.91. The lowest BCUT2D eigenvalue weighted by Gasteiger charge is -2.34. The number of ether oxygens (including phenoxy) is 1. The number of hydrogen-bond acceptors (Lipinski definition) is 10. The second-order valence-electron chi connectivity index (χ2n) is 12.4. The van der Waals surface area contributed by atoms with E-state index in [0.717, 1.165) is 22.1 Å². The number of benzene rings is 1. The fraction of sp³-hybridized carbons (Fsp3) is 0.536. The van der Waals surface area contributed by atoms with E-state index in [1.54, 1.807) is 11.7 Å². The van der Waals surface area contributed by atoms with Gasteiger partial charge in [-0.15, -0.1) is 10.2 Å². The Bertz CT molecular complexity index is 1280. The molecule has 0 spiro atoms. The number of carbonyl (C=O) groups is 2. The molecule has 0 saturated carbocycles. The van der Waals surface area contributed by atoms with Gasteiger partial charge >= 0.3 is 0 Å². The summed E-state index contributed by atoms with van der Waals surface area (Å²) in [5.41, 5.74) is 1.96. The van der Waals surface area contributed by atoms with Crippen molar-refractivity contribution in [3.63, 3.8) is 0 Å². The number of hydroxylamine groups is 1. The van der Waals surface area contributed by atoms with Crippen LogP contribution in [0.4, 0.5) is 5.13 Å². The number of carbonyl (C=O) groups excluding carboxylic acids is 2. The largest absolute Gasteiger partial charge is 0.493 e. The van der Waals surface area contributed by atoms with E-state index in [1.807, 2.05) is 38.1 Å². The monoisotopic (exact) mass is 589 g/mol. The first-order chi connectivity index (χ1) is 18.6. The van der Waals surface area contributed by atoms with Crippen LogP contribution in [0.1, 0.15) is 78.5 Å². The van der Waals surface area contributed by atoms with Crippen molar-refractivity contribution in [3.8, 4) is 5.75 Å². The van der Waals surface area contributed by atoms with E-state index in [4.69, 9.17) is 14.4 Å². The Hall–Kier alpha value is -2.96. The third kappa shape index (κ3) is 10.2. The summed E-state index contributed by atoms with van der Waals surface area (Å²) in [6, 6.07) is 7.41. The molecular weight excluding hydrogens is 550 g/mol. The summed E-state index contributed by atoms with van der Waals surface area (Å²) in [5.74, 6) is 2.12. The van der Waals surface area contributed by atoms with Crippen LogP contribution in [0.3, 0.4) is 0 Å². The standard InChI is InChI=1S/C28H39N5O5S2/c1-26(2,3)20-14-29-23(38-20)15-39-25-32-31-24(40-25)30-21(34)12-18-8-10-19(11-9-18)37-17-28(6,7)16-27(4,5)13-22(35)33-36/h8-11,14,36H,12-13,15-17H2,1-7H3,(H,33,35)(H,30,31,34). The first kappa shape index (κ1) is 31.6. The maximum absolute atomic E-state index is 12.6. The summed E-state index contributed by atoms with van der Waals surface area (Å²) in [4.78, 5) is 28.5. The van der Waals surface area contributed by atoms with E-state index in [9.17, 15) is 9.59 Å². The van der Waals surface area contributed by atoms with Crippen LogP contribution < -0.4 is 15.5 Å². The number of oxazole rings is 1. The Morgan fingerprint density at radius 3 is 2.35 bits per heavy atom. The highest BCUT2D eigenvalue weighted by atomic mass is 32.2. The summed E-state index contributed by atoms with van der Waals surface area (Å²) in [7, 11) is 0. The highest BCUT2D eigenvalue weighted by Crippen LogP contribution is 2.36. The average molecular weight is 590 g/mol. The molecule has 2 aromatic heterocycles. The molecule has 3 N–H and O–H groups in total. The molecule has 0 radical (unpaired) electrons. The van der Waals surface area contributed by atoms with Gasteiger partial charge in [0, 0.05) is 11.8 Å². The third-order valence-electron chi connectivity index (χ3n) is 5.90. The number of nitrogens with zero attached hydrogens (tertiary/aromatic N) is 3. The molecule has 0 aliphatic heterocycles. The highest BCUT2D eigenvalue weighted by Gasteiger charge is 2.31. The van der Waals surface area contributed by atoms with Crippen LogP contribution in [0.25, 0.3) is 0 Å². The first-order valence-electron chi connectivity index (χ1n) is 13.0. The van der Waals surface area contributed by atoms with Crippen LogP contribution in [-0.4, -0.2) is 38.8 Å². The number of thioether (sulfide) groups is 1. The molecule has 3 rings (SSSR count). The number of anilines is 1. The van der Waals surface area contributed by atoms with Crippen LogP contribution in [-0.2, 0) is 27.2 Å². The van der Waals surface area contributed by atoms with Gasteiger partial charge in [-0.25, -0.2) is 10.5 Å². The second-order valence-corrected chi connectivity index (χ2v) is 14.6. The predicted molar refractivity (Wildman–Crippen MR) is 156 cm³/mol. The van der Waals surface area contributed by atoms with Gasteiger partial charge in [0.05, 0.1) is 25.0 Å². The average Bonchev–Trinajstić information content (AvgIpc) is 3.51. The van der Waals surface area contributed by atoms with Gasteiger partial charge in [0.2, 0.25) is 22.8 Å². The summed E-state index contributed by atoms with van der Waals surface area (Å²) < 4.78 is 12.5. The molecule has 10 nitrogen and oxygen atoms in total. The molecule has 40 heavy (non-hydrogen) atoms. The molecular formula is C28H39N5O5S2. The van der Waals surface area contributed by atoms with Crippen molar-refractivity contribution in [3.05, 3.63) is 47.7 Å². The second kappa shape index (κ2) is 13.1. The number of nitrogens with one attached hydrogen (secondary N) is 2. The smallest absolute Gasteiger partial charge is 0.243 e. The Morgan fingerprint density at radius 2 is 1.73 bits per heavy atom. The number of hydrogen-bond donors (Lipinski definition) is 3. The quantitative estimate of drug-likeness (QED) is 0.0946. The van der Waals surface area contributed by atoms with Gasteiger partial charge in [-0.05, 0) is 34.9 Å². The molecule has 1 aromatic carbocycles. The lowest BCUT2D eigenvalue weighted by atomic mass is 9.73. The molecule has 0 aliphatic rings. The van der Waals surface area contributed by atoms with E-state index in [-0.39, 0.29) is 35.0 Å². The van der Waals surface area contributed by atoms with Crippen LogP contribution in [0.2, 0.25) is 0 Å². The topological polar surface area (TPSA) is 139 Å². The number of amides is 2. The van der Waals surface area contributed by atoms with Crippen molar-refractivity contribution in [2.24, 2.45) is 10.8 Å². The SMILES string of the molecule is CC(C)(COc1ccc(CC(=O)Nc2nnc(SCc3ncc(C(C)(C)C)o3)s2)cc1)CC(C)(C)CC(=O)NO. The van der Waals surface area contributed by atoms with E-state index >= 15 is 0 Å². The van der Waals surface area contributed by atoms with Gasteiger partial charge in [-0.1, -0.05) is 83.7 Å². The van der Waals surface area contributed by atoms with Gasteiger partial charge in [-0.2, -0.15) is 0 Å². The molecule has 3 aromatic rings. The summed E-state index contributed by atoms with van der Waals surface area (Å²) in [5, 5.41) is 20.3. The van der Waals surface area contributed by atoms with Crippen molar-refractivity contribution < 1.29 is 24.0 Å². The first-order valence-corrected chi connectivity index (χ1v) is 14.8. The zero-order valence-electron chi connectivity index (χ0n) is 24.2. The third-order valence-corrected chi connectivity index (χ3v) is 7.86. The zero-order valence-corrected chi connectivity index (χ0v) is 25.8. The Balaban J connectivity index is 1.44. The molecule has 0 saturated heterocycles. The van der Waals surface area contributed by atoms with Crippen LogP contribution >= 0.6 is 23.1 Å². The molecule has 0 unspecified atom stereocenters.